The summed E-state index contributed by atoms with van der Waals surface area (Å²) in [7, 11) is 0. The minimum Gasteiger partial charge on any atom is -0.451 e. The third-order valence-corrected chi connectivity index (χ3v) is 6.32. The smallest absolute Gasteiger partial charge is 0.338 e. The number of esters is 1. The highest BCUT2D eigenvalue weighted by atomic mass is 32.1. The van der Waals surface area contributed by atoms with Crippen molar-refractivity contribution in [1.82, 2.24) is 5.32 Å². The van der Waals surface area contributed by atoms with E-state index >= 15 is 0 Å². The van der Waals surface area contributed by atoms with Gasteiger partial charge in [-0.1, -0.05) is 12.1 Å². The molecule has 0 fully saturated rings. The van der Waals surface area contributed by atoms with Crippen molar-refractivity contribution in [2.45, 2.75) is 26.5 Å². The number of benzene rings is 2. The molecule has 34 heavy (non-hydrogen) atoms. The minimum absolute atomic E-state index is 0.169. The lowest BCUT2D eigenvalue weighted by atomic mass is 10.1. The van der Waals surface area contributed by atoms with Gasteiger partial charge in [0.1, 0.15) is 0 Å². The Labute approximate surface area is 199 Å². The zero-order valence-electron chi connectivity index (χ0n) is 18.4. The second-order valence-electron chi connectivity index (χ2n) is 7.63. The number of ether oxygens (including phenoxy) is 1. The Morgan fingerprint density at radius 1 is 0.941 bits per heavy atom. The number of nitrogens with zero attached hydrogens (tertiary/aromatic N) is 1. The zero-order chi connectivity index (χ0) is 24.4. The molecule has 3 amide bonds. The van der Waals surface area contributed by atoms with Crippen LogP contribution in [-0.2, 0) is 16.1 Å². The summed E-state index contributed by atoms with van der Waals surface area (Å²) in [4.78, 5) is 63.7. The lowest BCUT2D eigenvalue weighted by Gasteiger charge is -2.15. The van der Waals surface area contributed by atoms with Gasteiger partial charge in [-0.25, -0.2) is 9.69 Å². The van der Waals surface area contributed by atoms with Gasteiger partial charge in [0.25, 0.3) is 11.8 Å². The molecule has 3 aromatic rings. The van der Waals surface area contributed by atoms with Gasteiger partial charge in [-0.05, 0) is 55.5 Å². The highest BCUT2D eigenvalue weighted by Crippen LogP contribution is 2.28. The highest BCUT2D eigenvalue weighted by molar-refractivity contribution is 7.14. The second-order valence-corrected chi connectivity index (χ2v) is 8.79. The number of nitrogens with one attached hydrogen (secondary N) is 1. The first kappa shape index (κ1) is 23.1. The van der Waals surface area contributed by atoms with E-state index in [0.29, 0.717) is 28.2 Å². The molecule has 9 heteroatoms. The maximum absolute atomic E-state index is 12.6. The first-order chi connectivity index (χ1) is 16.3. The molecule has 172 valence electrons. The topological polar surface area (TPSA) is 110 Å². The van der Waals surface area contributed by atoms with Crippen molar-refractivity contribution < 1.29 is 28.7 Å². The van der Waals surface area contributed by atoms with Gasteiger partial charge in [0, 0.05) is 11.8 Å². The Hall–Kier alpha value is -4.11. The summed E-state index contributed by atoms with van der Waals surface area (Å²) in [6, 6.07) is 15.8. The molecule has 0 radical (unpaired) electrons. The Kier molecular flexibility index (Phi) is 6.38. The average molecular weight is 477 g/mol. The van der Waals surface area contributed by atoms with Crippen LogP contribution in [0.25, 0.3) is 0 Å². The van der Waals surface area contributed by atoms with Crippen LogP contribution in [0.3, 0.4) is 0 Å². The van der Waals surface area contributed by atoms with Crippen molar-refractivity contribution in [3.8, 4) is 0 Å². The molecule has 2 aromatic carbocycles. The van der Waals surface area contributed by atoms with E-state index in [1.54, 1.807) is 36.4 Å². The third-order valence-electron chi connectivity index (χ3n) is 5.22. The quantitative estimate of drug-likeness (QED) is 0.317. The number of hydrogen-bond acceptors (Lipinski definition) is 7. The standard InChI is InChI=1S/C25H20N2O6S/c1-14(22(29)21-12-11-18(34-21)13-26-15(2)28)33-25(32)16-7-9-17(10-8-16)27-23(30)19-5-3-4-6-20(19)24(27)31/h3-12,14H,13H2,1-2H3,(H,26,28). The van der Waals surface area contributed by atoms with Gasteiger partial charge in [0.05, 0.1) is 33.8 Å². The van der Waals surface area contributed by atoms with Crippen LogP contribution in [0.1, 0.15) is 59.5 Å². The van der Waals surface area contributed by atoms with Gasteiger partial charge in [-0.2, -0.15) is 0 Å². The maximum atomic E-state index is 12.6. The van der Waals surface area contributed by atoms with Crippen LogP contribution in [-0.4, -0.2) is 35.6 Å². The summed E-state index contributed by atoms with van der Waals surface area (Å²) in [6.07, 6.45) is -1.02. The molecule has 0 spiro atoms. The first-order valence-corrected chi connectivity index (χ1v) is 11.2. The summed E-state index contributed by atoms with van der Waals surface area (Å²) < 4.78 is 5.32. The van der Waals surface area contributed by atoms with Crippen LogP contribution >= 0.6 is 11.3 Å². The number of Topliss-reactive ketones (excluding diaryl/α,β-unsaturated/α-hetero) is 1. The number of fused-ring (bicyclic) bond motifs is 1. The molecule has 8 nitrogen and oxygen atoms in total. The fraction of sp³-hybridized carbons (Fsp3) is 0.160. The fourth-order valence-electron chi connectivity index (χ4n) is 3.47. The Balaban J connectivity index is 1.40. The molecule has 1 unspecified atom stereocenters. The third kappa shape index (κ3) is 4.51. The number of anilines is 1. The molecule has 1 N–H and O–H groups in total. The average Bonchev–Trinajstić information content (AvgIpc) is 3.40. The van der Waals surface area contributed by atoms with Crippen LogP contribution in [0.15, 0.2) is 60.7 Å². The van der Waals surface area contributed by atoms with Gasteiger partial charge in [-0.15, -0.1) is 11.3 Å². The maximum Gasteiger partial charge on any atom is 0.338 e. The molecule has 0 saturated carbocycles. The number of ketones is 1. The predicted molar refractivity (Wildman–Crippen MR) is 125 cm³/mol. The van der Waals surface area contributed by atoms with Gasteiger partial charge in [-0.3, -0.25) is 19.2 Å². The van der Waals surface area contributed by atoms with Gasteiger partial charge in [0.15, 0.2) is 6.10 Å². The number of imide groups is 1. The largest absolute Gasteiger partial charge is 0.451 e. The van der Waals surface area contributed by atoms with Crippen LogP contribution in [0, 0.1) is 0 Å². The number of carbonyl (C=O) groups is 5. The number of hydrogen-bond donors (Lipinski definition) is 1. The van der Waals surface area contributed by atoms with Crippen LogP contribution < -0.4 is 10.2 Å². The molecule has 0 bridgehead atoms. The van der Waals surface area contributed by atoms with Crippen molar-refractivity contribution in [3.63, 3.8) is 0 Å². The van der Waals surface area contributed by atoms with Crippen molar-refractivity contribution in [3.05, 3.63) is 87.1 Å². The lowest BCUT2D eigenvalue weighted by Crippen LogP contribution is -2.29. The Morgan fingerprint density at radius 2 is 1.56 bits per heavy atom. The van der Waals surface area contributed by atoms with Gasteiger partial charge in [0.2, 0.25) is 11.7 Å². The van der Waals surface area contributed by atoms with E-state index in [-0.39, 0.29) is 17.3 Å². The van der Waals surface area contributed by atoms with Crippen molar-refractivity contribution in [2.75, 3.05) is 4.90 Å². The molecule has 1 aliphatic rings. The van der Waals surface area contributed by atoms with E-state index in [9.17, 15) is 24.0 Å². The summed E-state index contributed by atoms with van der Waals surface area (Å²) in [5.74, 6) is -2.08. The summed E-state index contributed by atoms with van der Waals surface area (Å²) in [5, 5.41) is 2.66. The molecule has 0 saturated heterocycles. The van der Waals surface area contributed by atoms with E-state index in [0.717, 1.165) is 9.78 Å². The van der Waals surface area contributed by atoms with Crippen LogP contribution in [0.4, 0.5) is 5.69 Å². The van der Waals surface area contributed by atoms with Crippen molar-refractivity contribution in [2.24, 2.45) is 0 Å². The van der Waals surface area contributed by atoms with E-state index in [1.807, 2.05) is 0 Å². The number of amides is 3. The van der Waals surface area contributed by atoms with E-state index < -0.39 is 23.9 Å². The molecular weight excluding hydrogens is 456 g/mol. The van der Waals surface area contributed by atoms with Crippen LogP contribution in [0.2, 0.25) is 0 Å². The summed E-state index contributed by atoms with van der Waals surface area (Å²) in [5.41, 5.74) is 1.17. The van der Waals surface area contributed by atoms with Crippen molar-refractivity contribution in [1.29, 1.82) is 0 Å². The summed E-state index contributed by atoms with van der Waals surface area (Å²) >= 11 is 1.22. The van der Waals surface area contributed by atoms with E-state index in [4.69, 9.17) is 4.74 Å². The molecule has 1 atom stereocenters. The monoisotopic (exact) mass is 476 g/mol. The number of carbonyl (C=O) groups excluding carboxylic acids is 5. The molecule has 1 aliphatic heterocycles. The Morgan fingerprint density at radius 3 is 2.15 bits per heavy atom. The van der Waals surface area contributed by atoms with Crippen molar-refractivity contribution >= 4 is 46.5 Å². The molecule has 2 heterocycles. The van der Waals surface area contributed by atoms with Gasteiger partial charge >= 0.3 is 5.97 Å². The Bertz CT molecular complexity index is 1280. The fourth-order valence-corrected chi connectivity index (χ4v) is 4.44. The summed E-state index contributed by atoms with van der Waals surface area (Å²) in [6.45, 7) is 3.22. The first-order valence-electron chi connectivity index (χ1n) is 10.4. The van der Waals surface area contributed by atoms with E-state index in [2.05, 4.69) is 5.32 Å². The van der Waals surface area contributed by atoms with Gasteiger partial charge < -0.3 is 10.1 Å². The SMILES string of the molecule is CC(=O)NCc1ccc(C(=O)C(C)OC(=O)c2ccc(N3C(=O)c4ccccc4C3=O)cc2)s1. The second kappa shape index (κ2) is 9.40. The lowest BCUT2D eigenvalue weighted by molar-refractivity contribution is -0.119. The normalized spacial score (nSPS) is 13.4. The molecule has 4 rings (SSSR count). The predicted octanol–water partition coefficient (Wildman–Crippen LogP) is 3.61. The highest BCUT2D eigenvalue weighted by Gasteiger charge is 2.36. The molecule has 0 aliphatic carbocycles. The zero-order valence-corrected chi connectivity index (χ0v) is 19.2. The van der Waals surface area contributed by atoms with Crippen LogP contribution in [0.5, 0.6) is 0 Å². The number of thiophene rings is 1. The molecular formula is C25H20N2O6S. The minimum atomic E-state index is -1.02. The van der Waals surface area contributed by atoms with E-state index in [1.165, 1.54) is 49.4 Å². The molecule has 1 aromatic heterocycles. The number of rotatable bonds is 7.